The SMILES string of the molecule is Cc1ccc(N2C(=O)c3ccccc3C2Nc2ccc(Br)cc2F)nc1. The zero-order valence-corrected chi connectivity index (χ0v) is 15.5. The van der Waals surface area contributed by atoms with Crippen LogP contribution in [0.5, 0.6) is 0 Å². The van der Waals surface area contributed by atoms with Gasteiger partial charge in [0.2, 0.25) is 0 Å². The molecule has 1 atom stereocenters. The van der Waals surface area contributed by atoms with Gasteiger partial charge in [0.25, 0.3) is 5.91 Å². The molecular weight excluding hydrogens is 397 g/mol. The molecule has 2 heterocycles. The summed E-state index contributed by atoms with van der Waals surface area (Å²) in [4.78, 5) is 18.9. The van der Waals surface area contributed by atoms with Crippen molar-refractivity contribution in [2.24, 2.45) is 0 Å². The number of hydrogen-bond donors (Lipinski definition) is 1. The summed E-state index contributed by atoms with van der Waals surface area (Å²) in [5, 5.41) is 3.16. The molecule has 0 radical (unpaired) electrons. The quantitative estimate of drug-likeness (QED) is 0.654. The van der Waals surface area contributed by atoms with Gasteiger partial charge in [-0.15, -0.1) is 0 Å². The molecule has 130 valence electrons. The van der Waals surface area contributed by atoms with Crippen LogP contribution in [0.1, 0.15) is 27.7 Å². The molecule has 0 saturated carbocycles. The van der Waals surface area contributed by atoms with Gasteiger partial charge in [0.05, 0.1) is 5.69 Å². The first-order chi connectivity index (χ1) is 12.5. The molecule has 2 aromatic carbocycles. The number of carbonyl (C=O) groups excluding carboxylic acids is 1. The highest BCUT2D eigenvalue weighted by atomic mass is 79.9. The number of aromatic nitrogens is 1. The van der Waals surface area contributed by atoms with Crippen molar-refractivity contribution in [2.45, 2.75) is 13.1 Å². The van der Waals surface area contributed by atoms with Gasteiger partial charge < -0.3 is 5.32 Å². The Morgan fingerprint density at radius 2 is 1.96 bits per heavy atom. The maximum absolute atomic E-state index is 14.3. The molecule has 0 fully saturated rings. The topological polar surface area (TPSA) is 45.2 Å². The summed E-state index contributed by atoms with van der Waals surface area (Å²) in [5.74, 6) is -0.0354. The number of fused-ring (bicyclic) bond motifs is 1. The summed E-state index contributed by atoms with van der Waals surface area (Å²) in [6, 6.07) is 15.8. The number of benzene rings is 2. The Balaban J connectivity index is 1.79. The minimum absolute atomic E-state index is 0.160. The number of nitrogens with one attached hydrogen (secondary N) is 1. The number of pyridine rings is 1. The Morgan fingerprint density at radius 1 is 1.15 bits per heavy atom. The number of carbonyl (C=O) groups is 1. The van der Waals surface area contributed by atoms with Crippen LogP contribution in [0.3, 0.4) is 0 Å². The molecule has 4 rings (SSSR count). The number of amides is 1. The second kappa shape index (κ2) is 6.53. The monoisotopic (exact) mass is 411 g/mol. The molecule has 1 N–H and O–H groups in total. The first-order valence-electron chi connectivity index (χ1n) is 8.11. The lowest BCUT2D eigenvalue weighted by molar-refractivity contribution is 0.0992. The fourth-order valence-electron chi connectivity index (χ4n) is 3.05. The standard InChI is InChI=1S/C20H15BrFN3O/c1-12-6-9-18(23-11-12)25-19(14-4-2-3-5-15(14)20(25)26)24-17-8-7-13(21)10-16(17)22/h2-11,19,24H,1H3. The molecule has 1 aliphatic rings. The van der Waals surface area contributed by atoms with Crippen LogP contribution >= 0.6 is 15.9 Å². The van der Waals surface area contributed by atoms with Crippen molar-refractivity contribution in [3.63, 3.8) is 0 Å². The lowest BCUT2D eigenvalue weighted by atomic mass is 10.1. The van der Waals surface area contributed by atoms with E-state index in [-0.39, 0.29) is 5.91 Å². The predicted molar refractivity (Wildman–Crippen MR) is 103 cm³/mol. The molecule has 0 bridgehead atoms. The van der Waals surface area contributed by atoms with Crippen molar-refractivity contribution < 1.29 is 9.18 Å². The van der Waals surface area contributed by atoms with Crippen molar-refractivity contribution in [1.82, 2.24) is 4.98 Å². The van der Waals surface area contributed by atoms with Crippen molar-refractivity contribution in [3.05, 3.63) is 87.8 Å². The van der Waals surface area contributed by atoms with E-state index >= 15 is 0 Å². The predicted octanol–water partition coefficient (Wildman–Crippen LogP) is 5.06. The smallest absolute Gasteiger partial charge is 0.261 e. The van der Waals surface area contributed by atoms with Crippen LogP contribution in [0, 0.1) is 12.7 Å². The van der Waals surface area contributed by atoms with Crippen molar-refractivity contribution in [2.75, 3.05) is 10.2 Å². The van der Waals surface area contributed by atoms with E-state index in [0.29, 0.717) is 21.5 Å². The number of nitrogens with zero attached hydrogens (tertiary/aromatic N) is 2. The minimum Gasteiger partial charge on any atom is -0.359 e. The first-order valence-corrected chi connectivity index (χ1v) is 8.90. The summed E-state index contributed by atoms with van der Waals surface area (Å²) in [7, 11) is 0. The van der Waals surface area contributed by atoms with Gasteiger partial charge in [0.15, 0.2) is 0 Å². The van der Waals surface area contributed by atoms with Gasteiger partial charge in [-0.05, 0) is 42.8 Å². The molecule has 1 amide bonds. The van der Waals surface area contributed by atoms with Gasteiger partial charge in [0.1, 0.15) is 17.8 Å². The summed E-state index contributed by atoms with van der Waals surface area (Å²) < 4.78 is 15.0. The minimum atomic E-state index is -0.537. The number of aryl methyl sites for hydroxylation is 1. The molecule has 1 aromatic heterocycles. The average Bonchev–Trinajstić information content (AvgIpc) is 2.91. The Kier molecular flexibility index (Phi) is 4.20. The molecule has 4 nitrogen and oxygen atoms in total. The van der Waals surface area contributed by atoms with Gasteiger partial charge >= 0.3 is 0 Å². The zero-order chi connectivity index (χ0) is 18.3. The molecule has 0 saturated heterocycles. The number of hydrogen-bond acceptors (Lipinski definition) is 3. The lowest BCUT2D eigenvalue weighted by Gasteiger charge is -2.26. The summed E-state index contributed by atoms with van der Waals surface area (Å²) in [6.45, 7) is 1.93. The molecule has 0 spiro atoms. The van der Waals surface area contributed by atoms with Crippen LogP contribution in [0.2, 0.25) is 0 Å². The van der Waals surface area contributed by atoms with Crippen LogP contribution in [0.15, 0.2) is 65.3 Å². The van der Waals surface area contributed by atoms with Gasteiger partial charge in [-0.2, -0.15) is 0 Å². The van der Waals surface area contributed by atoms with Gasteiger partial charge in [-0.1, -0.05) is 40.2 Å². The largest absolute Gasteiger partial charge is 0.359 e. The Morgan fingerprint density at radius 3 is 2.69 bits per heavy atom. The fourth-order valence-corrected chi connectivity index (χ4v) is 3.38. The molecule has 6 heteroatoms. The van der Waals surface area contributed by atoms with Gasteiger partial charge in [-0.25, -0.2) is 9.37 Å². The van der Waals surface area contributed by atoms with Crippen molar-refractivity contribution >= 4 is 33.3 Å². The summed E-state index contributed by atoms with van der Waals surface area (Å²) in [6.07, 6.45) is 1.17. The highest BCUT2D eigenvalue weighted by Gasteiger charge is 2.38. The fraction of sp³-hybridized carbons (Fsp3) is 0.100. The molecule has 26 heavy (non-hydrogen) atoms. The Labute approximate surface area is 158 Å². The first kappa shape index (κ1) is 16.7. The summed E-state index contributed by atoms with van der Waals surface area (Å²) >= 11 is 3.26. The highest BCUT2D eigenvalue weighted by molar-refractivity contribution is 9.10. The number of halogens is 2. The Hall–Kier alpha value is -2.73. The molecule has 1 unspecified atom stereocenters. The lowest BCUT2D eigenvalue weighted by Crippen LogP contribution is -2.33. The highest BCUT2D eigenvalue weighted by Crippen LogP contribution is 2.37. The van der Waals surface area contributed by atoms with Crippen LogP contribution in [0.4, 0.5) is 15.9 Å². The normalized spacial score (nSPS) is 15.9. The third-order valence-corrected chi connectivity index (χ3v) is 4.82. The molecule has 3 aromatic rings. The molecular formula is C20H15BrFN3O. The van der Waals surface area contributed by atoms with E-state index in [1.807, 2.05) is 31.2 Å². The van der Waals surface area contributed by atoms with Crippen LogP contribution in [-0.4, -0.2) is 10.9 Å². The third-order valence-electron chi connectivity index (χ3n) is 4.33. The van der Waals surface area contributed by atoms with Gasteiger partial charge in [-0.3, -0.25) is 9.69 Å². The maximum atomic E-state index is 14.3. The van der Waals surface area contributed by atoms with Crippen LogP contribution < -0.4 is 10.2 Å². The van der Waals surface area contributed by atoms with Gasteiger partial charge in [0, 0.05) is 21.8 Å². The van der Waals surface area contributed by atoms with E-state index in [2.05, 4.69) is 26.2 Å². The van der Waals surface area contributed by atoms with Crippen molar-refractivity contribution in [1.29, 1.82) is 0 Å². The van der Waals surface area contributed by atoms with E-state index in [9.17, 15) is 9.18 Å². The van der Waals surface area contributed by atoms with E-state index < -0.39 is 12.0 Å². The average molecular weight is 412 g/mol. The Bertz CT molecular complexity index is 991. The summed E-state index contributed by atoms with van der Waals surface area (Å²) in [5.41, 5.74) is 2.70. The van der Waals surface area contributed by atoms with Crippen LogP contribution in [0.25, 0.3) is 0 Å². The third kappa shape index (κ3) is 2.86. The van der Waals surface area contributed by atoms with Crippen LogP contribution in [-0.2, 0) is 0 Å². The number of rotatable bonds is 3. The maximum Gasteiger partial charge on any atom is 0.261 e. The van der Waals surface area contributed by atoms with E-state index in [1.165, 1.54) is 6.07 Å². The van der Waals surface area contributed by atoms with E-state index in [0.717, 1.165) is 11.1 Å². The zero-order valence-electron chi connectivity index (χ0n) is 13.9. The second-order valence-electron chi connectivity index (χ2n) is 6.13. The number of anilines is 2. The molecule has 1 aliphatic heterocycles. The molecule has 0 aliphatic carbocycles. The van der Waals surface area contributed by atoms with E-state index in [1.54, 1.807) is 35.4 Å². The second-order valence-corrected chi connectivity index (χ2v) is 7.04. The van der Waals surface area contributed by atoms with E-state index in [4.69, 9.17) is 0 Å². The van der Waals surface area contributed by atoms with Crippen molar-refractivity contribution in [3.8, 4) is 0 Å².